The summed E-state index contributed by atoms with van der Waals surface area (Å²) in [5.74, 6) is 1.87. The maximum atomic E-state index is 4.70. The van der Waals surface area contributed by atoms with Gasteiger partial charge >= 0.3 is 0 Å². The molecule has 3 heterocycles. The van der Waals surface area contributed by atoms with E-state index in [1.54, 1.807) is 12.4 Å². The van der Waals surface area contributed by atoms with Gasteiger partial charge in [0.2, 0.25) is 0 Å². The monoisotopic (exact) mass is 388 g/mol. The van der Waals surface area contributed by atoms with Crippen molar-refractivity contribution < 1.29 is 0 Å². The first-order chi connectivity index (χ1) is 14.1. The molecule has 0 saturated carbocycles. The summed E-state index contributed by atoms with van der Waals surface area (Å²) >= 11 is 0. The lowest BCUT2D eigenvalue weighted by molar-refractivity contribution is 0.449. The van der Waals surface area contributed by atoms with Crippen molar-refractivity contribution in [3.05, 3.63) is 72.1 Å². The highest BCUT2D eigenvalue weighted by molar-refractivity contribution is 5.89. The molecule has 0 saturated heterocycles. The number of aryl methyl sites for hydroxylation is 1. The molecule has 3 aromatic rings. The Kier molecular flexibility index (Phi) is 5.92. The van der Waals surface area contributed by atoms with Gasteiger partial charge in [0.15, 0.2) is 11.6 Å². The lowest BCUT2D eigenvalue weighted by Crippen LogP contribution is -2.46. The molecule has 2 aliphatic heterocycles. The van der Waals surface area contributed by atoms with Crippen molar-refractivity contribution >= 4 is 23.0 Å². The van der Waals surface area contributed by atoms with Crippen LogP contribution in [0.2, 0.25) is 0 Å². The van der Waals surface area contributed by atoms with Gasteiger partial charge < -0.3 is 9.80 Å². The summed E-state index contributed by atoms with van der Waals surface area (Å²) in [6, 6.07) is 17.2. The third-order valence-corrected chi connectivity index (χ3v) is 5.48. The van der Waals surface area contributed by atoms with Crippen LogP contribution in [0.4, 0.5) is 23.0 Å². The molecule has 2 aliphatic rings. The Morgan fingerprint density at radius 2 is 1.21 bits per heavy atom. The first-order valence-corrected chi connectivity index (χ1v) is 10.7. The van der Waals surface area contributed by atoms with Crippen molar-refractivity contribution in [2.45, 2.75) is 60.0 Å². The number of rotatable bonds is 1. The fourth-order valence-electron chi connectivity index (χ4n) is 4.35. The van der Waals surface area contributed by atoms with E-state index in [9.17, 15) is 0 Å². The second-order valence-electron chi connectivity index (χ2n) is 7.34. The molecule has 152 valence electrons. The zero-order chi connectivity index (χ0) is 21.2. The Labute approximate surface area is 175 Å². The number of para-hydroxylation sites is 2. The molecule has 0 spiro atoms. The molecule has 4 nitrogen and oxygen atoms in total. The third-order valence-electron chi connectivity index (χ3n) is 5.48. The second kappa shape index (κ2) is 8.24. The van der Waals surface area contributed by atoms with Crippen molar-refractivity contribution in [2.24, 2.45) is 0 Å². The molecule has 29 heavy (non-hydrogen) atoms. The summed E-state index contributed by atoms with van der Waals surface area (Å²) in [6.07, 6.45) is 3.69. The van der Waals surface area contributed by atoms with E-state index in [0.29, 0.717) is 0 Å². The van der Waals surface area contributed by atoms with E-state index < -0.39 is 0 Å². The molecule has 5 rings (SSSR count). The van der Waals surface area contributed by atoms with Gasteiger partial charge in [-0.2, -0.15) is 0 Å². The Morgan fingerprint density at radius 3 is 1.79 bits per heavy atom. The van der Waals surface area contributed by atoms with Crippen molar-refractivity contribution in [3.63, 3.8) is 0 Å². The van der Waals surface area contributed by atoms with Gasteiger partial charge in [-0.05, 0) is 30.2 Å². The topological polar surface area (TPSA) is 32.3 Å². The third kappa shape index (κ3) is 3.07. The van der Waals surface area contributed by atoms with E-state index >= 15 is 0 Å². The molecular formula is C25H32N4. The summed E-state index contributed by atoms with van der Waals surface area (Å²) in [6.45, 7) is 14.8. The number of hydrogen-bond acceptors (Lipinski definition) is 4. The molecular weight excluding hydrogens is 356 g/mol. The van der Waals surface area contributed by atoms with Crippen LogP contribution in [0.1, 0.15) is 52.7 Å². The standard InChI is InChI=1S/C21H20N4.2C2H6/c1-14-8-4-6-10-16(14)24-18-19(23-13-12-22-18)25-17-11-7-5-9-15(17)21(2,3)20(24)25;2*1-2/h4-13,20H,1-3H3;2*1-2H3. The van der Waals surface area contributed by atoms with Gasteiger partial charge in [-0.25, -0.2) is 9.97 Å². The van der Waals surface area contributed by atoms with Crippen LogP contribution in [-0.2, 0) is 5.41 Å². The van der Waals surface area contributed by atoms with Gasteiger partial charge in [-0.1, -0.05) is 77.9 Å². The lowest BCUT2D eigenvalue weighted by Gasteiger charge is -2.36. The van der Waals surface area contributed by atoms with Crippen LogP contribution in [0.3, 0.4) is 0 Å². The summed E-state index contributed by atoms with van der Waals surface area (Å²) in [5, 5.41) is 0. The quantitative estimate of drug-likeness (QED) is 0.462. The summed E-state index contributed by atoms with van der Waals surface area (Å²) in [4.78, 5) is 14.1. The molecule has 0 N–H and O–H groups in total. The van der Waals surface area contributed by atoms with Crippen LogP contribution in [0.25, 0.3) is 0 Å². The van der Waals surface area contributed by atoms with Crippen molar-refractivity contribution in [3.8, 4) is 0 Å². The number of fused-ring (bicyclic) bond motifs is 5. The second-order valence-corrected chi connectivity index (χ2v) is 7.34. The average Bonchev–Trinajstić information content (AvgIpc) is 3.23. The Balaban J connectivity index is 0.000000568. The Hall–Kier alpha value is -2.88. The first kappa shape index (κ1) is 20.8. The van der Waals surface area contributed by atoms with Gasteiger partial charge in [0.1, 0.15) is 6.17 Å². The maximum absolute atomic E-state index is 4.70. The van der Waals surface area contributed by atoms with Crippen LogP contribution in [0, 0.1) is 6.92 Å². The molecule has 0 fully saturated rings. The Morgan fingerprint density at radius 1 is 0.724 bits per heavy atom. The highest BCUT2D eigenvalue weighted by Crippen LogP contribution is 2.57. The normalized spacial score (nSPS) is 17.3. The molecule has 0 bridgehead atoms. The minimum absolute atomic E-state index is 0.0543. The van der Waals surface area contributed by atoms with E-state index in [1.165, 1.54) is 22.5 Å². The van der Waals surface area contributed by atoms with Gasteiger partial charge in [0.05, 0.1) is 0 Å². The number of benzene rings is 2. The minimum atomic E-state index is -0.0543. The zero-order valence-corrected chi connectivity index (χ0v) is 18.6. The molecule has 1 atom stereocenters. The fraction of sp³-hybridized carbons (Fsp3) is 0.360. The number of aromatic nitrogens is 2. The zero-order valence-electron chi connectivity index (χ0n) is 18.6. The van der Waals surface area contributed by atoms with Gasteiger partial charge in [-0.15, -0.1) is 0 Å². The van der Waals surface area contributed by atoms with E-state index in [2.05, 4.69) is 79.1 Å². The summed E-state index contributed by atoms with van der Waals surface area (Å²) < 4.78 is 0. The van der Waals surface area contributed by atoms with Crippen LogP contribution >= 0.6 is 0 Å². The predicted octanol–water partition coefficient (Wildman–Crippen LogP) is 6.74. The maximum Gasteiger partial charge on any atom is 0.178 e. The van der Waals surface area contributed by atoms with Crippen molar-refractivity contribution in [1.29, 1.82) is 0 Å². The average molecular weight is 389 g/mol. The van der Waals surface area contributed by atoms with Crippen molar-refractivity contribution in [1.82, 2.24) is 9.97 Å². The molecule has 0 amide bonds. The van der Waals surface area contributed by atoms with Gasteiger partial charge in [-0.3, -0.25) is 0 Å². The highest BCUT2D eigenvalue weighted by atomic mass is 15.5. The molecule has 0 aliphatic carbocycles. The van der Waals surface area contributed by atoms with Crippen LogP contribution in [-0.4, -0.2) is 16.1 Å². The molecule has 1 aromatic heterocycles. The SMILES string of the molecule is CC.CC.Cc1ccccc1N1c2nccnc2N2c3ccccc3C(C)(C)C12. The van der Waals surface area contributed by atoms with Gasteiger partial charge in [0.25, 0.3) is 0 Å². The largest absolute Gasteiger partial charge is 0.301 e. The number of anilines is 4. The lowest BCUT2D eigenvalue weighted by atomic mass is 9.83. The van der Waals surface area contributed by atoms with Crippen LogP contribution in [0.5, 0.6) is 0 Å². The van der Waals surface area contributed by atoms with E-state index in [4.69, 9.17) is 9.97 Å². The Bertz CT molecular complexity index is 980. The first-order valence-electron chi connectivity index (χ1n) is 10.7. The minimum Gasteiger partial charge on any atom is -0.301 e. The molecule has 4 heteroatoms. The van der Waals surface area contributed by atoms with Gasteiger partial charge in [0, 0.05) is 29.2 Å². The smallest absolute Gasteiger partial charge is 0.178 e. The highest BCUT2D eigenvalue weighted by Gasteiger charge is 2.54. The van der Waals surface area contributed by atoms with E-state index in [-0.39, 0.29) is 11.6 Å². The predicted molar refractivity (Wildman–Crippen MR) is 123 cm³/mol. The van der Waals surface area contributed by atoms with E-state index in [1.807, 2.05) is 27.7 Å². The van der Waals surface area contributed by atoms with Crippen LogP contribution in [0.15, 0.2) is 60.9 Å². The van der Waals surface area contributed by atoms with E-state index in [0.717, 1.165) is 11.6 Å². The molecule has 2 aromatic carbocycles. The number of hydrogen-bond donors (Lipinski definition) is 0. The molecule has 1 unspecified atom stereocenters. The fourth-order valence-corrected chi connectivity index (χ4v) is 4.35. The molecule has 0 radical (unpaired) electrons. The summed E-state index contributed by atoms with van der Waals surface area (Å²) in [7, 11) is 0. The van der Waals surface area contributed by atoms with Crippen molar-refractivity contribution in [2.75, 3.05) is 9.80 Å². The van der Waals surface area contributed by atoms with Crippen LogP contribution < -0.4 is 9.80 Å². The summed E-state index contributed by atoms with van der Waals surface area (Å²) in [5.41, 5.74) is 4.97. The number of nitrogens with zero attached hydrogens (tertiary/aromatic N) is 4.